The molecular formula is C20H22ClNO3. The summed E-state index contributed by atoms with van der Waals surface area (Å²) in [6.45, 7) is 8.00. The van der Waals surface area contributed by atoms with Gasteiger partial charge in [-0.15, -0.1) is 0 Å². The molecule has 3 aromatic rings. The number of carbonyl (C=O) groups is 1. The van der Waals surface area contributed by atoms with E-state index in [9.17, 15) is 4.79 Å². The highest BCUT2D eigenvalue weighted by molar-refractivity contribution is 6.31. The Morgan fingerprint density at radius 1 is 1.12 bits per heavy atom. The first kappa shape index (κ1) is 17.6. The van der Waals surface area contributed by atoms with E-state index in [0.717, 1.165) is 22.3 Å². The summed E-state index contributed by atoms with van der Waals surface area (Å²) < 4.78 is 11.7. The van der Waals surface area contributed by atoms with Gasteiger partial charge in [0.2, 0.25) is 0 Å². The van der Waals surface area contributed by atoms with Crippen molar-refractivity contribution in [1.82, 2.24) is 5.32 Å². The summed E-state index contributed by atoms with van der Waals surface area (Å²) in [4.78, 5) is 12.0. The van der Waals surface area contributed by atoms with Gasteiger partial charge in [0.25, 0.3) is 5.91 Å². The molecule has 4 nitrogen and oxygen atoms in total. The zero-order chi connectivity index (χ0) is 18.1. The molecule has 1 N–H and O–H groups in total. The molecule has 0 aliphatic rings. The first-order valence-electron chi connectivity index (χ1n) is 8.45. The van der Waals surface area contributed by atoms with Crippen LogP contribution in [0.25, 0.3) is 11.0 Å². The van der Waals surface area contributed by atoms with Crippen LogP contribution < -0.4 is 5.32 Å². The molecule has 0 aliphatic carbocycles. The SMILES string of the molecule is CC(C)NC(=O)c1ccc(Cc2cc(Cl)cc3cc(C(C)C)oc23)o1. The largest absolute Gasteiger partial charge is 0.461 e. The lowest BCUT2D eigenvalue weighted by atomic mass is 10.1. The van der Waals surface area contributed by atoms with Crippen LogP contribution in [0.4, 0.5) is 0 Å². The fraction of sp³-hybridized carbons (Fsp3) is 0.350. The molecule has 0 saturated carbocycles. The fourth-order valence-electron chi connectivity index (χ4n) is 2.74. The molecule has 25 heavy (non-hydrogen) atoms. The standard InChI is InChI=1S/C20H22ClNO3/c1-11(2)18-10-14-8-15(21)7-13(19(14)25-18)9-16-5-6-17(24-16)20(23)22-12(3)4/h5-8,10-12H,9H2,1-4H3,(H,22,23). The van der Waals surface area contributed by atoms with Gasteiger partial charge in [0, 0.05) is 34.4 Å². The number of benzene rings is 1. The third-order valence-electron chi connectivity index (χ3n) is 3.92. The van der Waals surface area contributed by atoms with E-state index in [-0.39, 0.29) is 11.9 Å². The van der Waals surface area contributed by atoms with Crippen LogP contribution in [0.5, 0.6) is 0 Å². The normalized spacial score (nSPS) is 11.6. The van der Waals surface area contributed by atoms with Crippen molar-refractivity contribution in [1.29, 1.82) is 0 Å². The number of furan rings is 2. The summed E-state index contributed by atoms with van der Waals surface area (Å²) in [5, 5.41) is 4.46. The van der Waals surface area contributed by atoms with Crippen LogP contribution in [-0.2, 0) is 6.42 Å². The first-order valence-corrected chi connectivity index (χ1v) is 8.82. The number of rotatable bonds is 5. The second-order valence-corrected chi connectivity index (χ2v) is 7.29. The van der Waals surface area contributed by atoms with Gasteiger partial charge in [-0.1, -0.05) is 25.4 Å². The van der Waals surface area contributed by atoms with Crippen LogP contribution in [0, 0.1) is 0 Å². The van der Waals surface area contributed by atoms with Crippen LogP contribution in [-0.4, -0.2) is 11.9 Å². The van der Waals surface area contributed by atoms with Crippen LogP contribution in [0.2, 0.25) is 5.02 Å². The van der Waals surface area contributed by atoms with Crippen LogP contribution >= 0.6 is 11.6 Å². The number of carbonyl (C=O) groups excluding carboxylic acids is 1. The Balaban J connectivity index is 1.90. The Bertz CT molecular complexity index is 905. The van der Waals surface area contributed by atoms with Crippen molar-refractivity contribution in [3.05, 3.63) is 58.2 Å². The summed E-state index contributed by atoms with van der Waals surface area (Å²) in [6, 6.07) is 9.38. The van der Waals surface area contributed by atoms with E-state index >= 15 is 0 Å². The van der Waals surface area contributed by atoms with Crippen molar-refractivity contribution in [2.75, 3.05) is 0 Å². The van der Waals surface area contributed by atoms with E-state index < -0.39 is 0 Å². The van der Waals surface area contributed by atoms with Gasteiger partial charge < -0.3 is 14.2 Å². The maximum atomic E-state index is 12.0. The zero-order valence-corrected chi connectivity index (χ0v) is 15.6. The van der Waals surface area contributed by atoms with Crippen molar-refractivity contribution in [2.45, 2.75) is 46.1 Å². The number of hydrogen-bond acceptors (Lipinski definition) is 3. The highest BCUT2D eigenvalue weighted by Crippen LogP contribution is 2.31. The number of nitrogens with one attached hydrogen (secondary N) is 1. The van der Waals surface area contributed by atoms with Crippen molar-refractivity contribution < 1.29 is 13.6 Å². The van der Waals surface area contributed by atoms with Crippen LogP contribution in [0.1, 0.15) is 61.3 Å². The number of fused-ring (bicyclic) bond motifs is 1. The molecule has 0 radical (unpaired) electrons. The van der Waals surface area contributed by atoms with Gasteiger partial charge in [-0.3, -0.25) is 4.79 Å². The van der Waals surface area contributed by atoms with Crippen LogP contribution in [0.3, 0.4) is 0 Å². The molecule has 0 fully saturated rings. The van der Waals surface area contributed by atoms with Crippen molar-refractivity contribution in [3.8, 4) is 0 Å². The van der Waals surface area contributed by atoms with Crippen molar-refractivity contribution >= 4 is 28.5 Å². The third kappa shape index (κ3) is 3.90. The van der Waals surface area contributed by atoms with E-state index in [0.29, 0.717) is 28.9 Å². The van der Waals surface area contributed by atoms with E-state index in [1.54, 1.807) is 6.07 Å². The number of halogens is 1. The highest BCUT2D eigenvalue weighted by Gasteiger charge is 2.16. The molecule has 3 rings (SSSR count). The molecule has 0 atom stereocenters. The molecule has 0 bridgehead atoms. The van der Waals surface area contributed by atoms with E-state index in [1.165, 1.54) is 0 Å². The summed E-state index contributed by atoms with van der Waals surface area (Å²) in [6.07, 6.45) is 0.511. The topological polar surface area (TPSA) is 55.4 Å². The molecule has 0 saturated heterocycles. The monoisotopic (exact) mass is 359 g/mol. The summed E-state index contributed by atoms with van der Waals surface area (Å²) in [7, 11) is 0. The molecule has 2 aromatic heterocycles. The minimum absolute atomic E-state index is 0.0613. The van der Waals surface area contributed by atoms with Gasteiger partial charge in [-0.05, 0) is 44.2 Å². The quantitative estimate of drug-likeness (QED) is 0.651. The Kier molecular flexibility index (Phi) is 4.91. The van der Waals surface area contributed by atoms with Gasteiger partial charge >= 0.3 is 0 Å². The second kappa shape index (κ2) is 6.96. The molecule has 1 amide bonds. The van der Waals surface area contributed by atoms with E-state index in [2.05, 4.69) is 19.2 Å². The number of hydrogen-bond donors (Lipinski definition) is 1. The minimum Gasteiger partial charge on any atom is -0.461 e. The minimum atomic E-state index is -0.211. The van der Waals surface area contributed by atoms with E-state index in [1.807, 2.05) is 38.1 Å². The molecule has 0 aliphatic heterocycles. The summed E-state index contributed by atoms with van der Waals surface area (Å²) >= 11 is 6.26. The van der Waals surface area contributed by atoms with E-state index in [4.69, 9.17) is 20.4 Å². The molecule has 132 valence electrons. The Hall–Kier alpha value is -2.20. The lowest BCUT2D eigenvalue weighted by molar-refractivity contribution is 0.0913. The maximum absolute atomic E-state index is 12.0. The molecule has 5 heteroatoms. The van der Waals surface area contributed by atoms with Crippen molar-refractivity contribution in [3.63, 3.8) is 0 Å². The maximum Gasteiger partial charge on any atom is 0.287 e. The Labute approximate surface area is 152 Å². The molecular weight excluding hydrogens is 338 g/mol. The second-order valence-electron chi connectivity index (χ2n) is 6.86. The average molecular weight is 360 g/mol. The predicted octanol–water partition coefficient (Wildman–Crippen LogP) is 5.53. The average Bonchev–Trinajstić information content (AvgIpc) is 3.13. The van der Waals surface area contributed by atoms with Gasteiger partial charge in [-0.2, -0.15) is 0 Å². The molecule has 2 heterocycles. The Morgan fingerprint density at radius 3 is 2.56 bits per heavy atom. The predicted molar refractivity (Wildman–Crippen MR) is 99.4 cm³/mol. The molecule has 0 unspecified atom stereocenters. The first-order chi connectivity index (χ1) is 11.8. The lowest BCUT2D eigenvalue weighted by Crippen LogP contribution is -2.29. The lowest BCUT2D eigenvalue weighted by Gasteiger charge is -2.05. The fourth-order valence-corrected chi connectivity index (χ4v) is 2.99. The van der Waals surface area contributed by atoms with Gasteiger partial charge in [0.15, 0.2) is 5.76 Å². The van der Waals surface area contributed by atoms with Gasteiger partial charge in [0.05, 0.1) is 0 Å². The number of amides is 1. The molecule has 1 aromatic carbocycles. The smallest absolute Gasteiger partial charge is 0.287 e. The molecule has 0 spiro atoms. The third-order valence-corrected chi connectivity index (χ3v) is 4.13. The van der Waals surface area contributed by atoms with Gasteiger partial charge in [-0.25, -0.2) is 0 Å². The van der Waals surface area contributed by atoms with Crippen LogP contribution in [0.15, 0.2) is 39.2 Å². The van der Waals surface area contributed by atoms with Gasteiger partial charge in [0.1, 0.15) is 17.1 Å². The zero-order valence-electron chi connectivity index (χ0n) is 14.9. The Morgan fingerprint density at radius 2 is 1.88 bits per heavy atom. The summed E-state index contributed by atoms with van der Waals surface area (Å²) in [5.41, 5.74) is 1.76. The summed E-state index contributed by atoms with van der Waals surface area (Å²) in [5.74, 6) is 2.02. The van der Waals surface area contributed by atoms with Crippen molar-refractivity contribution in [2.24, 2.45) is 0 Å². The highest BCUT2D eigenvalue weighted by atomic mass is 35.5.